The summed E-state index contributed by atoms with van der Waals surface area (Å²) in [7, 11) is 0. The van der Waals surface area contributed by atoms with Crippen LogP contribution < -0.4 is 5.73 Å². The first kappa shape index (κ1) is 13.3. The van der Waals surface area contributed by atoms with Gasteiger partial charge in [-0.2, -0.15) is 0 Å². The van der Waals surface area contributed by atoms with E-state index >= 15 is 0 Å². The molecule has 18 heavy (non-hydrogen) atoms. The molecule has 2 rings (SSSR count). The fourth-order valence-electron chi connectivity index (χ4n) is 3.10. The number of hydrogen-bond acceptors (Lipinski definition) is 3. The van der Waals surface area contributed by atoms with Crippen LogP contribution in [0.4, 0.5) is 0 Å². The van der Waals surface area contributed by atoms with E-state index in [0.717, 1.165) is 25.7 Å². The van der Waals surface area contributed by atoms with Crippen LogP contribution in [0, 0.1) is 11.8 Å². The minimum absolute atomic E-state index is 0.0958. The van der Waals surface area contributed by atoms with Gasteiger partial charge >= 0.3 is 5.97 Å². The fraction of sp³-hybridized carbons (Fsp3) is 0.846. The summed E-state index contributed by atoms with van der Waals surface area (Å²) < 4.78 is 0. The summed E-state index contributed by atoms with van der Waals surface area (Å²) in [5.41, 5.74) is 5.86. The smallest absolute Gasteiger partial charge is 0.308 e. The van der Waals surface area contributed by atoms with Crippen molar-refractivity contribution < 1.29 is 14.7 Å². The van der Waals surface area contributed by atoms with Gasteiger partial charge in [-0.1, -0.05) is 19.3 Å². The van der Waals surface area contributed by atoms with Gasteiger partial charge in [-0.15, -0.1) is 0 Å². The Labute approximate surface area is 107 Å². The van der Waals surface area contributed by atoms with Crippen molar-refractivity contribution in [3.63, 3.8) is 0 Å². The van der Waals surface area contributed by atoms with Gasteiger partial charge in [0, 0.05) is 25.0 Å². The van der Waals surface area contributed by atoms with Crippen molar-refractivity contribution in [2.24, 2.45) is 17.6 Å². The Morgan fingerprint density at radius 2 is 1.72 bits per heavy atom. The van der Waals surface area contributed by atoms with Gasteiger partial charge in [0.15, 0.2) is 0 Å². The highest BCUT2D eigenvalue weighted by Crippen LogP contribution is 2.27. The van der Waals surface area contributed by atoms with E-state index in [4.69, 9.17) is 10.8 Å². The third kappa shape index (κ3) is 3.02. The number of rotatable bonds is 2. The molecule has 0 aromatic rings. The number of likely N-dealkylation sites (tertiary alicyclic amines) is 1. The number of carboxylic acids is 1. The van der Waals surface area contributed by atoms with Crippen LogP contribution in [-0.2, 0) is 9.59 Å². The minimum Gasteiger partial charge on any atom is -0.481 e. The highest BCUT2D eigenvalue weighted by atomic mass is 16.4. The van der Waals surface area contributed by atoms with Gasteiger partial charge in [0.1, 0.15) is 0 Å². The van der Waals surface area contributed by atoms with E-state index in [1.807, 2.05) is 0 Å². The van der Waals surface area contributed by atoms with Gasteiger partial charge in [-0.25, -0.2) is 0 Å². The van der Waals surface area contributed by atoms with Gasteiger partial charge < -0.3 is 15.7 Å². The lowest BCUT2D eigenvalue weighted by Crippen LogP contribution is -2.52. The topological polar surface area (TPSA) is 83.6 Å². The molecule has 1 saturated heterocycles. The maximum atomic E-state index is 12.3. The summed E-state index contributed by atoms with van der Waals surface area (Å²) in [5.74, 6) is -1.12. The van der Waals surface area contributed by atoms with Crippen LogP contribution in [0.3, 0.4) is 0 Å². The van der Waals surface area contributed by atoms with Crippen LogP contribution in [0.1, 0.15) is 38.5 Å². The van der Waals surface area contributed by atoms with Crippen molar-refractivity contribution in [2.75, 3.05) is 13.1 Å². The Bertz CT molecular complexity index is 326. The van der Waals surface area contributed by atoms with Gasteiger partial charge in [0.05, 0.1) is 5.92 Å². The zero-order chi connectivity index (χ0) is 13.1. The van der Waals surface area contributed by atoms with Crippen LogP contribution in [0.2, 0.25) is 0 Å². The molecule has 1 heterocycles. The molecular weight excluding hydrogens is 232 g/mol. The van der Waals surface area contributed by atoms with Crippen molar-refractivity contribution in [3.05, 3.63) is 0 Å². The maximum absolute atomic E-state index is 12.3. The van der Waals surface area contributed by atoms with E-state index in [0.29, 0.717) is 19.5 Å². The Morgan fingerprint density at radius 3 is 2.33 bits per heavy atom. The molecule has 2 atom stereocenters. The first-order valence-corrected chi connectivity index (χ1v) is 6.85. The van der Waals surface area contributed by atoms with Crippen LogP contribution in [0.25, 0.3) is 0 Å². The van der Waals surface area contributed by atoms with Crippen LogP contribution in [-0.4, -0.2) is 41.0 Å². The fourth-order valence-corrected chi connectivity index (χ4v) is 3.10. The predicted octanol–water partition coefficient (Wildman–Crippen LogP) is 0.827. The Morgan fingerprint density at radius 1 is 1.06 bits per heavy atom. The summed E-state index contributed by atoms with van der Waals surface area (Å²) in [6.07, 6.45) is 5.80. The lowest BCUT2D eigenvalue weighted by Gasteiger charge is -2.37. The van der Waals surface area contributed by atoms with Crippen molar-refractivity contribution in [2.45, 2.75) is 44.6 Å². The van der Waals surface area contributed by atoms with E-state index in [2.05, 4.69) is 0 Å². The highest BCUT2D eigenvalue weighted by Gasteiger charge is 2.34. The molecule has 102 valence electrons. The number of nitrogens with two attached hydrogens (primary N) is 1. The minimum atomic E-state index is -0.841. The summed E-state index contributed by atoms with van der Waals surface area (Å²) in [6.45, 7) is 0.845. The van der Waals surface area contributed by atoms with E-state index < -0.39 is 11.9 Å². The Balaban J connectivity index is 1.98. The van der Waals surface area contributed by atoms with Crippen molar-refractivity contribution >= 4 is 11.9 Å². The van der Waals surface area contributed by atoms with Gasteiger partial charge in [0.2, 0.25) is 5.91 Å². The molecule has 3 N–H and O–H groups in total. The molecular formula is C13H22N2O3. The molecule has 1 aliphatic carbocycles. The Kier molecular flexibility index (Phi) is 4.22. The summed E-state index contributed by atoms with van der Waals surface area (Å²) >= 11 is 0. The van der Waals surface area contributed by atoms with E-state index in [1.165, 1.54) is 6.42 Å². The van der Waals surface area contributed by atoms with E-state index in [9.17, 15) is 9.59 Å². The van der Waals surface area contributed by atoms with Crippen LogP contribution in [0.15, 0.2) is 0 Å². The molecule has 1 aliphatic heterocycles. The molecule has 1 amide bonds. The molecule has 1 saturated carbocycles. The zero-order valence-corrected chi connectivity index (χ0v) is 10.7. The van der Waals surface area contributed by atoms with Gasteiger partial charge in [0.25, 0.3) is 0 Å². The molecule has 5 heteroatoms. The number of nitrogens with zero attached hydrogens (tertiary/aromatic N) is 1. The molecule has 0 spiro atoms. The second kappa shape index (κ2) is 5.69. The SMILES string of the molecule is NC1CC(C(=O)O)CN(C(=O)C2CCCCC2)C1. The maximum Gasteiger partial charge on any atom is 0.308 e. The zero-order valence-electron chi connectivity index (χ0n) is 10.7. The second-order valence-corrected chi connectivity index (χ2v) is 5.61. The average molecular weight is 254 g/mol. The van der Waals surface area contributed by atoms with Crippen molar-refractivity contribution in [1.82, 2.24) is 4.90 Å². The number of amides is 1. The second-order valence-electron chi connectivity index (χ2n) is 5.61. The predicted molar refractivity (Wildman–Crippen MR) is 66.9 cm³/mol. The summed E-state index contributed by atoms with van der Waals surface area (Å²) in [6, 6.07) is -0.201. The molecule has 2 aliphatic rings. The lowest BCUT2D eigenvalue weighted by atomic mass is 9.86. The van der Waals surface area contributed by atoms with Crippen LogP contribution >= 0.6 is 0 Å². The average Bonchev–Trinajstić information content (AvgIpc) is 2.38. The van der Waals surface area contributed by atoms with Crippen molar-refractivity contribution in [1.29, 1.82) is 0 Å². The number of hydrogen-bond donors (Lipinski definition) is 2. The van der Waals surface area contributed by atoms with Crippen molar-refractivity contribution in [3.8, 4) is 0 Å². The number of piperidine rings is 1. The summed E-state index contributed by atoms with van der Waals surface area (Å²) in [4.78, 5) is 25.1. The third-order valence-electron chi connectivity index (χ3n) is 4.10. The monoisotopic (exact) mass is 254 g/mol. The third-order valence-corrected chi connectivity index (χ3v) is 4.10. The lowest BCUT2D eigenvalue weighted by molar-refractivity contribution is -0.147. The Hall–Kier alpha value is -1.10. The molecule has 0 radical (unpaired) electrons. The normalized spacial score (nSPS) is 30.2. The quantitative estimate of drug-likeness (QED) is 0.764. The first-order valence-electron chi connectivity index (χ1n) is 6.85. The van der Waals surface area contributed by atoms with E-state index in [1.54, 1.807) is 4.90 Å². The van der Waals surface area contributed by atoms with Crippen LogP contribution in [0.5, 0.6) is 0 Å². The van der Waals surface area contributed by atoms with Gasteiger partial charge in [-0.3, -0.25) is 9.59 Å². The molecule has 0 bridgehead atoms. The molecule has 2 fully saturated rings. The summed E-state index contributed by atoms with van der Waals surface area (Å²) in [5, 5.41) is 9.07. The first-order chi connectivity index (χ1) is 8.58. The standard InChI is InChI=1S/C13H22N2O3/c14-11-6-10(13(17)18)7-15(8-11)12(16)9-4-2-1-3-5-9/h9-11H,1-8,14H2,(H,17,18). The molecule has 0 aromatic heterocycles. The number of carbonyl (C=O) groups is 2. The molecule has 5 nitrogen and oxygen atoms in total. The molecule has 2 unspecified atom stereocenters. The largest absolute Gasteiger partial charge is 0.481 e. The number of carboxylic acid groups (broad SMARTS) is 1. The van der Waals surface area contributed by atoms with E-state index in [-0.39, 0.29) is 17.9 Å². The molecule has 0 aromatic carbocycles. The number of carbonyl (C=O) groups excluding carboxylic acids is 1. The van der Waals surface area contributed by atoms with Gasteiger partial charge in [-0.05, 0) is 19.3 Å². The number of aliphatic carboxylic acids is 1. The highest BCUT2D eigenvalue weighted by molar-refractivity contribution is 5.80.